The Balaban J connectivity index is 1.37. The summed E-state index contributed by atoms with van der Waals surface area (Å²) in [7, 11) is 0. The van der Waals surface area contributed by atoms with Crippen molar-refractivity contribution in [2.45, 2.75) is 141 Å². The van der Waals surface area contributed by atoms with Gasteiger partial charge in [-0.1, -0.05) is 58.0 Å². The summed E-state index contributed by atoms with van der Waals surface area (Å²) in [5, 5.41) is 52.8. The molecule has 1 aliphatic rings. The third-order valence-electron chi connectivity index (χ3n) is 13.0. The van der Waals surface area contributed by atoms with Gasteiger partial charge in [0, 0.05) is 61.2 Å². The van der Waals surface area contributed by atoms with Crippen LogP contribution in [0.4, 0.5) is 0 Å². The Kier molecular flexibility index (Phi) is 22.7. The van der Waals surface area contributed by atoms with Crippen molar-refractivity contribution in [2.75, 3.05) is 13.2 Å². The number of nitrogens with one attached hydrogen (secondary N) is 12. The van der Waals surface area contributed by atoms with Crippen molar-refractivity contribution in [3.05, 3.63) is 84.1 Å². The van der Waals surface area contributed by atoms with Crippen LogP contribution in [-0.4, -0.2) is 146 Å². The van der Waals surface area contributed by atoms with E-state index < -0.39 is 96.3 Å². The number of hydrogen-bond acceptors (Lipinski definition) is 13. The van der Waals surface area contributed by atoms with Gasteiger partial charge in [0.1, 0.15) is 48.0 Å². The lowest BCUT2D eigenvalue weighted by atomic mass is 9.98. The van der Waals surface area contributed by atoms with Crippen molar-refractivity contribution < 1.29 is 53.4 Å². The molecule has 16 N–H and O–H groups in total. The molecule has 422 valence electrons. The zero-order valence-electron chi connectivity index (χ0n) is 44.5. The number of carbonyl (C=O) groups excluding carboxylic acids is 9. The summed E-state index contributed by atoms with van der Waals surface area (Å²) in [5.74, 6) is -6.83. The standard InChI is InChI=1S/C53H74N14O11/c1-28(2)19-39(47(73)61-36(30(5)69)11-8-18-57-53(54)55)62-48(74)40(20-29(3)4)63-49(75)41(21-31-12-14-34(70)15-13-31)64-52(78)44(26-68)67-50(76)42(22-32-24-58-37-10-7-6-9-35(32)37)65-51(77)43(23-33-25-56-27-59-33)66-46(72)38-16-17-45(71)60-38/h6-7,9-10,12-15,24-25,27-29,36,38-44,58,68,70H,8,11,16-23,26H2,1-5H3,(H,56,59)(H,60,71)(H,61,73)(H,62,74)(H,63,75)(H,64,78)(H,65,77)(H,66,72)(H,67,76)(H4,54,55,57). The van der Waals surface area contributed by atoms with Crippen LogP contribution < -0.4 is 53.6 Å². The minimum Gasteiger partial charge on any atom is -0.508 e. The molecule has 4 aromatic rings. The molecule has 0 radical (unpaired) electrons. The lowest BCUT2D eigenvalue weighted by Gasteiger charge is -2.28. The quantitative estimate of drug-likeness (QED) is 0.0173. The zero-order chi connectivity index (χ0) is 57.1. The second-order valence-electron chi connectivity index (χ2n) is 20.3. The number of para-hydroxylation sites is 1. The van der Waals surface area contributed by atoms with Crippen LogP contribution in [0.3, 0.4) is 0 Å². The number of phenols is 1. The van der Waals surface area contributed by atoms with Crippen molar-refractivity contribution in [3.8, 4) is 5.75 Å². The molecule has 8 amide bonds. The van der Waals surface area contributed by atoms with E-state index in [-0.39, 0.29) is 93.1 Å². The predicted octanol–water partition coefficient (Wildman–Crippen LogP) is -0.767. The predicted molar refractivity (Wildman–Crippen MR) is 287 cm³/mol. The summed E-state index contributed by atoms with van der Waals surface area (Å²) in [6.07, 6.45) is 5.25. The van der Waals surface area contributed by atoms with Gasteiger partial charge in [-0.05, 0) is 80.2 Å². The van der Waals surface area contributed by atoms with E-state index in [1.54, 1.807) is 18.3 Å². The fourth-order valence-electron chi connectivity index (χ4n) is 8.86. The number of aromatic amines is 2. The number of nitrogens with two attached hydrogens (primary N) is 1. The number of aliphatic hydroxyl groups excluding tert-OH is 1. The number of Topliss-reactive ketones (excluding diaryl/α,β-unsaturated/α-hetero) is 1. The number of carbonyl (C=O) groups is 9. The molecule has 8 unspecified atom stereocenters. The van der Waals surface area contributed by atoms with Gasteiger partial charge in [0.2, 0.25) is 47.3 Å². The lowest BCUT2D eigenvalue weighted by Crippen LogP contribution is -2.61. The largest absolute Gasteiger partial charge is 0.508 e. The summed E-state index contributed by atoms with van der Waals surface area (Å²) in [5.41, 5.74) is 7.61. The van der Waals surface area contributed by atoms with Crippen molar-refractivity contribution in [3.63, 3.8) is 0 Å². The number of rotatable bonds is 30. The number of H-pyrrole nitrogens is 2. The molecule has 0 spiro atoms. The third-order valence-corrected chi connectivity index (χ3v) is 13.0. The van der Waals surface area contributed by atoms with Crippen LogP contribution in [-0.2, 0) is 62.4 Å². The topological polar surface area (TPSA) is 397 Å². The number of fused-ring (bicyclic) bond motifs is 1. The molecule has 1 fully saturated rings. The molecule has 8 atom stereocenters. The molecule has 2 aromatic carbocycles. The fraction of sp³-hybridized carbons (Fsp3) is 0.491. The Bertz CT molecular complexity index is 2730. The van der Waals surface area contributed by atoms with E-state index in [1.807, 2.05) is 39.8 Å². The Labute approximate surface area is 451 Å². The Hall–Kier alpha value is -8.35. The maximum Gasteiger partial charge on any atom is 0.245 e. The van der Waals surface area contributed by atoms with Gasteiger partial charge in [-0.15, -0.1) is 0 Å². The van der Waals surface area contributed by atoms with Crippen molar-refractivity contribution in [1.82, 2.24) is 62.8 Å². The van der Waals surface area contributed by atoms with E-state index in [9.17, 15) is 53.4 Å². The highest BCUT2D eigenvalue weighted by Crippen LogP contribution is 2.20. The van der Waals surface area contributed by atoms with Crippen LogP contribution >= 0.6 is 0 Å². The first-order valence-corrected chi connectivity index (χ1v) is 26.0. The minimum absolute atomic E-state index is 0.0771. The van der Waals surface area contributed by atoms with E-state index in [0.717, 1.165) is 10.9 Å². The smallest absolute Gasteiger partial charge is 0.245 e. The van der Waals surface area contributed by atoms with Crippen LogP contribution in [0.2, 0.25) is 0 Å². The number of nitrogens with zero attached hydrogens (tertiary/aromatic N) is 1. The first kappa shape index (κ1) is 60.5. The molecule has 1 saturated heterocycles. The van der Waals surface area contributed by atoms with Gasteiger partial charge in [0.05, 0.1) is 19.0 Å². The summed E-state index contributed by atoms with van der Waals surface area (Å²) in [6.45, 7) is 7.95. The van der Waals surface area contributed by atoms with Gasteiger partial charge in [0.15, 0.2) is 11.7 Å². The van der Waals surface area contributed by atoms with Gasteiger partial charge in [-0.3, -0.25) is 48.6 Å². The fourth-order valence-corrected chi connectivity index (χ4v) is 8.86. The maximum absolute atomic E-state index is 14.5. The molecule has 5 rings (SSSR count). The van der Waals surface area contributed by atoms with Crippen LogP contribution in [0.25, 0.3) is 10.9 Å². The van der Waals surface area contributed by atoms with Crippen LogP contribution in [0.5, 0.6) is 5.75 Å². The summed E-state index contributed by atoms with van der Waals surface area (Å²) in [6, 6.07) is 2.87. The number of aromatic hydroxyl groups is 1. The molecule has 0 saturated carbocycles. The highest BCUT2D eigenvalue weighted by Gasteiger charge is 2.36. The Morgan fingerprint density at radius 2 is 1.24 bits per heavy atom. The summed E-state index contributed by atoms with van der Waals surface area (Å²) in [4.78, 5) is 133. The van der Waals surface area contributed by atoms with E-state index in [2.05, 4.69) is 62.8 Å². The lowest BCUT2D eigenvalue weighted by molar-refractivity contribution is -0.136. The first-order valence-electron chi connectivity index (χ1n) is 26.0. The highest BCUT2D eigenvalue weighted by atomic mass is 16.3. The molecule has 0 bridgehead atoms. The molecule has 3 heterocycles. The number of imidazole rings is 1. The normalized spacial score (nSPS) is 15.8. The maximum atomic E-state index is 14.5. The van der Waals surface area contributed by atoms with Crippen molar-refractivity contribution in [1.29, 1.82) is 5.41 Å². The molecule has 25 heteroatoms. The second kappa shape index (κ2) is 29.2. The first-order chi connectivity index (χ1) is 37.1. The average molecular weight is 1080 g/mol. The number of hydrogen-bond donors (Lipinski definition) is 15. The molecule has 25 nitrogen and oxygen atoms in total. The van der Waals surface area contributed by atoms with Crippen molar-refractivity contribution >= 4 is 69.9 Å². The molecular weight excluding hydrogens is 1010 g/mol. The van der Waals surface area contributed by atoms with E-state index in [0.29, 0.717) is 23.2 Å². The van der Waals surface area contributed by atoms with Gasteiger partial charge < -0.3 is 73.8 Å². The van der Waals surface area contributed by atoms with E-state index >= 15 is 0 Å². The number of aliphatic hydroxyl groups is 1. The van der Waals surface area contributed by atoms with E-state index in [1.165, 1.54) is 43.7 Å². The summed E-state index contributed by atoms with van der Waals surface area (Å²) < 4.78 is 0. The molecular formula is C53H74N14O11. The minimum atomic E-state index is -1.73. The number of ketones is 1. The van der Waals surface area contributed by atoms with E-state index in [4.69, 9.17) is 11.1 Å². The van der Waals surface area contributed by atoms with Gasteiger partial charge in [0.25, 0.3) is 0 Å². The second-order valence-corrected chi connectivity index (χ2v) is 20.3. The van der Waals surface area contributed by atoms with Crippen molar-refractivity contribution in [2.24, 2.45) is 17.6 Å². The number of amides is 8. The number of aromatic nitrogens is 3. The Morgan fingerprint density at radius 1 is 0.705 bits per heavy atom. The van der Waals surface area contributed by atoms with Crippen LogP contribution in [0.15, 0.2) is 67.3 Å². The monoisotopic (exact) mass is 1080 g/mol. The van der Waals surface area contributed by atoms with Crippen LogP contribution in [0, 0.1) is 17.2 Å². The highest BCUT2D eigenvalue weighted by molar-refractivity contribution is 5.99. The number of guanidine groups is 1. The number of benzene rings is 2. The molecule has 0 aliphatic carbocycles. The summed E-state index contributed by atoms with van der Waals surface area (Å²) >= 11 is 0. The van der Waals surface area contributed by atoms with Gasteiger partial charge >= 0.3 is 0 Å². The van der Waals surface area contributed by atoms with Gasteiger partial charge in [-0.2, -0.15) is 0 Å². The number of phenolic OH excluding ortho intramolecular Hbond substituents is 1. The zero-order valence-corrected chi connectivity index (χ0v) is 44.5. The SMILES string of the molecule is CC(=O)C(CCCNC(=N)N)NC(=O)C(CC(C)C)NC(=O)C(CC(C)C)NC(=O)C(Cc1ccc(O)cc1)NC(=O)C(CO)NC(=O)C(Cc1c[nH]c2ccccc12)NC(=O)C(Cc1cnc[nH]1)NC(=O)C1CCC(=O)N1. The Morgan fingerprint density at radius 3 is 1.78 bits per heavy atom. The average Bonchev–Trinajstić information content (AvgIpc) is 4.17. The van der Waals surface area contributed by atoms with Gasteiger partial charge in [-0.25, -0.2) is 4.98 Å². The van der Waals surface area contributed by atoms with Crippen LogP contribution in [0.1, 0.15) is 90.0 Å². The third kappa shape index (κ3) is 18.7. The molecule has 1 aliphatic heterocycles. The molecule has 2 aromatic heterocycles. The molecule has 78 heavy (non-hydrogen) atoms.